The van der Waals surface area contributed by atoms with E-state index < -0.39 is 5.97 Å². The lowest BCUT2D eigenvalue weighted by atomic mass is 10.1. The third-order valence-corrected chi connectivity index (χ3v) is 3.71. The highest BCUT2D eigenvalue weighted by Crippen LogP contribution is 2.34. The van der Waals surface area contributed by atoms with Crippen LogP contribution in [-0.2, 0) is 0 Å². The Morgan fingerprint density at radius 2 is 1.82 bits per heavy atom. The molecule has 0 aliphatic heterocycles. The molecule has 22 heavy (non-hydrogen) atoms. The fraction of sp³-hybridized carbons (Fsp3) is 0. The number of benzene rings is 3. The van der Waals surface area contributed by atoms with Gasteiger partial charge in [-0.15, -0.1) is 0 Å². The van der Waals surface area contributed by atoms with E-state index in [1.165, 1.54) is 6.07 Å². The van der Waals surface area contributed by atoms with Crippen molar-refractivity contribution in [3.63, 3.8) is 0 Å². The Balaban J connectivity index is 2.11. The maximum atomic E-state index is 11.3. The van der Waals surface area contributed by atoms with Gasteiger partial charge in [-0.2, -0.15) is 0 Å². The molecule has 3 aromatic rings. The number of fused-ring (bicyclic) bond motifs is 1. The molecule has 0 saturated heterocycles. The number of rotatable bonds is 3. The largest absolute Gasteiger partial charge is 0.508 e. The average Bonchev–Trinajstić information content (AvgIpc) is 2.47. The summed E-state index contributed by atoms with van der Waals surface area (Å²) in [6, 6.07) is 15.1. The van der Waals surface area contributed by atoms with Crippen molar-refractivity contribution in [3.8, 4) is 17.2 Å². The van der Waals surface area contributed by atoms with Crippen LogP contribution in [0.25, 0.3) is 10.8 Å². The fourth-order valence-electron chi connectivity index (χ4n) is 2.21. The Kier molecular flexibility index (Phi) is 3.73. The van der Waals surface area contributed by atoms with Crippen LogP contribution in [0.3, 0.4) is 0 Å². The second-order valence-electron chi connectivity index (χ2n) is 4.71. The summed E-state index contributed by atoms with van der Waals surface area (Å²) in [5, 5.41) is 20.4. The minimum Gasteiger partial charge on any atom is -0.508 e. The van der Waals surface area contributed by atoms with Crippen LogP contribution in [0.1, 0.15) is 10.4 Å². The van der Waals surface area contributed by atoms with Crippen molar-refractivity contribution in [2.24, 2.45) is 0 Å². The fourth-order valence-corrected chi connectivity index (χ4v) is 2.55. The van der Waals surface area contributed by atoms with Crippen molar-refractivity contribution in [1.82, 2.24) is 0 Å². The van der Waals surface area contributed by atoms with Crippen LogP contribution < -0.4 is 4.74 Å². The molecule has 3 rings (SSSR count). The number of ether oxygens (including phenoxy) is 1. The number of aromatic hydroxyl groups is 1. The van der Waals surface area contributed by atoms with Crippen LogP contribution in [-0.4, -0.2) is 16.2 Å². The van der Waals surface area contributed by atoms with E-state index in [1.54, 1.807) is 42.5 Å². The van der Waals surface area contributed by atoms with E-state index in [2.05, 4.69) is 15.9 Å². The van der Waals surface area contributed by atoms with Crippen LogP contribution in [0.15, 0.2) is 59.1 Å². The van der Waals surface area contributed by atoms with Gasteiger partial charge in [0.2, 0.25) is 0 Å². The van der Waals surface area contributed by atoms with Gasteiger partial charge in [0, 0.05) is 9.86 Å². The Hall–Kier alpha value is -2.53. The maximum Gasteiger partial charge on any atom is 0.339 e. The van der Waals surface area contributed by atoms with Crippen LogP contribution in [0.5, 0.6) is 17.2 Å². The molecule has 0 heterocycles. The van der Waals surface area contributed by atoms with Crippen LogP contribution in [0.2, 0.25) is 0 Å². The lowest BCUT2D eigenvalue weighted by Gasteiger charge is -2.11. The number of hydrogen-bond acceptors (Lipinski definition) is 3. The van der Waals surface area contributed by atoms with Crippen molar-refractivity contribution in [3.05, 3.63) is 64.6 Å². The number of aromatic carboxylic acids is 1. The van der Waals surface area contributed by atoms with Gasteiger partial charge in [-0.1, -0.05) is 28.1 Å². The van der Waals surface area contributed by atoms with Crippen LogP contribution in [0.4, 0.5) is 0 Å². The first kappa shape index (κ1) is 14.4. The quantitative estimate of drug-likeness (QED) is 0.705. The van der Waals surface area contributed by atoms with Crippen molar-refractivity contribution >= 4 is 32.7 Å². The molecular weight excluding hydrogens is 348 g/mol. The number of carboxylic acids is 1. The number of carboxylic acid groups (broad SMARTS) is 1. The summed E-state index contributed by atoms with van der Waals surface area (Å²) in [5.74, 6) is -0.112. The van der Waals surface area contributed by atoms with E-state index in [0.717, 1.165) is 15.2 Å². The van der Waals surface area contributed by atoms with Gasteiger partial charge >= 0.3 is 5.97 Å². The predicted octanol–water partition coefficient (Wildman–Crippen LogP) is 4.80. The molecule has 4 nitrogen and oxygen atoms in total. The lowest BCUT2D eigenvalue weighted by molar-refractivity contribution is 0.0694. The topological polar surface area (TPSA) is 66.8 Å². The molecule has 0 spiro atoms. The zero-order valence-electron chi connectivity index (χ0n) is 11.3. The molecule has 0 aliphatic carbocycles. The second-order valence-corrected chi connectivity index (χ2v) is 5.62. The van der Waals surface area contributed by atoms with Crippen molar-refractivity contribution in [1.29, 1.82) is 0 Å². The number of phenolic OH excluding ortho intramolecular Hbond substituents is 1. The normalized spacial score (nSPS) is 10.6. The Morgan fingerprint density at radius 3 is 2.59 bits per heavy atom. The van der Waals surface area contributed by atoms with Gasteiger partial charge in [0.15, 0.2) is 0 Å². The first-order valence-electron chi connectivity index (χ1n) is 6.47. The highest BCUT2D eigenvalue weighted by Gasteiger charge is 2.13. The maximum absolute atomic E-state index is 11.3. The molecule has 0 fully saturated rings. The van der Waals surface area contributed by atoms with Crippen molar-refractivity contribution in [2.45, 2.75) is 0 Å². The highest BCUT2D eigenvalue weighted by molar-refractivity contribution is 9.10. The molecule has 0 atom stereocenters. The van der Waals surface area contributed by atoms with Crippen LogP contribution in [0, 0.1) is 0 Å². The summed E-state index contributed by atoms with van der Waals surface area (Å²) >= 11 is 3.31. The molecule has 0 aliphatic rings. The molecule has 0 bridgehead atoms. The highest BCUT2D eigenvalue weighted by atomic mass is 79.9. The Labute approximate surface area is 134 Å². The molecule has 5 heteroatoms. The zero-order valence-corrected chi connectivity index (χ0v) is 12.9. The minimum absolute atomic E-state index is 0.0824. The molecule has 0 unspecified atom stereocenters. The van der Waals surface area contributed by atoms with Crippen molar-refractivity contribution in [2.75, 3.05) is 0 Å². The monoisotopic (exact) mass is 358 g/mol. The SMILES string of the molecule is O=C(O)c1ccc(Br)cc1Oc1cccc2cc(O)ccc12. The zero-order chi connectivity index (χ0) is 15.7. The Morgan fingerprint density at radius 1 is 1.00 bits per heavy atom. The molecule has 0 saturated carbocycles. The number of halogens is 1. The standard InChI is InChI=1S/C17H11BrO4/c18-11-4-6-14(17(20)21)16(9-11)22-15-3-1-2-10-8-12(19)5-7-13(10)15/h1-9,19H,(H,20,21). The molecule has 0 radical (unpaired) electrons. The van der Waals surface area contributed by atoms with Gasteiger partial charge in [0.05, 0.1) is 0 Å². The van der Waals surface area contributed by atoms with Gasteiger partial charge < -0.3 is 14.9 Å². The minimum atomic E-state index is -1.06. The predicted molar refractivity (Wildman–Crippen MR) is 86.8 cm³/mol. The van der Waals surface area contributed by atoms with Gasteiger partial charge in [-0.25, -0.2) is 4.79 Å². The van der Waals surface area contributed by atoms with E-state index in [-0.39, 0.29) is 17.1 Å². The van der Waals surface area contributed by atoms with Crippen molar-refractivity contribution < 1.29 is 19.7 Å². The summed E-state index contributed by atoms with van der Waals surface area (Å²) in [6.07, 6.45) is 0. The first-order valence-corrected chi connectivity index (χ1v) is 7.26. The smallest absolute Gasteiger partial charge is 0.339 e. The van der Waals surface area contributed by atoms with E-state index in [1.807, 2.05) is 6.07 Å². The number of carbonyl (C=O) groups is 1. The van der Waals surface area contributed by atoms with Crippen LogP contribution >= 0.6 is 15.9 Å². The van der Waals surface area contributed by atoms with E-state index in [0.29, 0.717) is 5.75 Å². The lowest BCUT2D eigenvalue weighted by Crippen LogP contribution is -2.00. The average molecular weight is 359 g/mol. The first-order chi connectivity index (χ1) is 10.5. The summed E-state index contributed by atoms with van der Waals surface area (Å²) < 4.78 is 6.54. The van der Waals surface area contributed by atoms with E-state index in [4.69, 9.17) is 4.74 Å². The molecule has 110 valence electrons. The van der Waals surface area contributed by atoms with E-state index in [9.17, 15) is 15.0 Å². The van der Waals surface area contributed by atoms with Gasteiger partial charge in [0.1, 0.15) is 22.8 Å². The van der Waals surface area contributed by atoms with Gasteiger partial charge in [-0.3, -0.25) is 0 Å². The van der Waals surface area contributed by atoms with Gasteiger partial charge in [0.25, 0.3) is 0 Å². The summed E-state index contributed by atoms with van der Waals surface area (Å²) in [6.45, 7) is 0. The van der Waals surface area contributed by atoms with E-state index >= 15 is 0 Å². The summed E-state index contributed by atoms with van der Waals surface area (Å²) in [5.41, 5.74) is 0.0824. The molecular formula is C17H11BrO4. The molecule has 2 N–H and O–H groups in total. The Bertz CT molecular complexity index is 874. The molecule has 3 aromatic carbocycles. The molecule has 0 aromatic heterocycles. The number of phenols is 1. The molecule has 0 amide bonds. The second kappa shape index (κ2) is 5.69. The summed E-state index contributed by atoms with van der Waals surface area (Å²) in [4.78, 5) is 11.3. The van der Waals surface area contributed by atoms with Gasteiger partial charge in [-0.05, 0) is 47.9 Å². The summed E-state index contributed by atoms with van der Waals surface area (Å²) in [7, 11) is 0. The third-order valence-electron chi connectivity index (χ3n) is 3.22. The third kappa shape index (κ3) is 2.76. The number of hydrogen-bond donors (Lipinski definition) is 2.